The van der Waals surface area contributed by atoms with Crippen LogP contribution < -0.4 is 4.74 Å². The van der Waals surface area contributed by atoms with Gasteiger partial charge in [-0.2, -0.15) is 0 Å². The van der Waals surface area contributed by atoms with Crippen LogP contribution in [0.4, 0.5) is 0 Å². The first-order chi connectivity index (χ1) is 10.4. The topological polar surface area (TPSA) is 57.2 Å². The van der Waals surface area contributed by atoms with Gasteiger partial charge in [-0.25, -0.2) is 0 Å². The summed E-state index contributed by atoms with van der Waals surface area (Å²) in [5.74, 6) is 1.03. The molecule has 1 rings (SSSR count). The van der Waals surface area contributed by atoms with Crippen molar-refractivity contribution in [1.82, 2.24) is 0 Å². The van der Waals surface area contributed by atoms with E-state index in [0.717, 1.165) is 11.3 Å². The van der Waals surface area contributed by atoms with Crippen LogP contribution in [0.3, 0.4) is 0 Å². The average molecular weight is 312 g/mol. The predicted molar refractivity (Wildman–Crippen MR) is 85.8 cm³/mol. The van der Waals surface area contributed by atoms with Crippen molar-refractivity contribution in [2.24, 2.45) is 0 Å². The van der Waals surface area contributed by atoms with E-state index in [2.05, 4.69) is 20.8 Å². The monoisotopic (exact) mass is 312 g/mol. The summed E-state index contributed by atoms with van der Waals surface area (Å²) in [6.07, 6.45) is 0. The van der Waals surface area contributed by atoms with Crippen LogP contribution in [0.5, 0.6) is 11.5 Å². The molecule has 5 heteroatoms. The van der Waals surface area contributed by atoms with Crippen LogP contribution in [0.15, 0.2) is 18.2 Å². The zero-order valence-electron chi connectivity index (χ0n) is 14.1. The van der Waals surface area contributed by atoms with Crippen LogP contribution in [0.1, 0.15) is 26.3 Å². The van der Waals surface area contributed by atoms with E-state index in [0.29, 0.717) is 45.4 Å². The summed E-state index contributed by atoms with van der Waals surface area (Å²) in [6, 6.07) is 5.31. The van der Waals surface area contributed by atoms with E-state index in [-0.39, 0.29) is 5.41 Å². The Morgan fingerprint density at radius 2 is 1.50 bits per heavy atom. The van der Waals surface area contributed by atoms with E-state index < -0.39 is 0 Å². The van der Waals surface area contributed by atoms with Gasteiger partial charge in [0.05, 0.1) is 33.0 Å². The Kier molecular flexibility index (Phi) is 8.24. The number of phenolic OH excluding ortho intramolecular Hbond substituents is 1. The fraction of sp³-hybridized carbons (Fsp3) is 0.647. The van der Waals surface area contributed by atoms with Crippen LogP contribution in [0.2, 0.25) is 0 Å². The molecule has 0 aliphatic rings. The highest BCUT2D eigenvalue weighted by Gasteiger charge is 2.18. The summed E-state index contributed by atoms with van der Waals surface area (Å²) in [5, 5.41) is 9.90. The molecule has 0 spiro atoms. The molecule has 1 aromatic carbocycles. The summed E-state index contributed by atoms with van der Waals surface area (Å²) >= 11 is 0. The number of aromatic hydroxyl groups is 1. The zero-order valence-corrected chi connectivity index (χ0v) is 14.1. The molecule has 0 saturated heterocycles. The highest BCUT2D eigenvalue weighted by molar-refractivity contribution is 5.43. The smallest absolute Gasteiger partial charge is 0.119 e. The fourth-order valence-corrected chi connectivity index (χ4v) is 1.89. The molecule has 0 heterocycles. The summed E-state index contributed by atoms with van der Waals surface area (Å²) in [5.41, 5.74) is 0.747. The first kappa shape index (κ1) is 18.7. The lowest BCUT2D eigenvalue weighted by Gasteiger charge is -2.21. The Labute approximate surface area is 133 Å². The van der Waals surface area contributed by atoms with Gasteiger partial charge < -0.3 is 24.1 Å². The number of phenols is 1. The van der Waals surface area contributed by atoms with Gasteiger partial charge in [0.1, 0.15) is 18.1 Å². The molecule has 0 saturated carbocycles. The third-order valence-electron chi connectivity index (χ3n) is 3.08. The summed E-state index contributed by atoms with van der Waals surface area (Å²) in [6.45, 7) is 9.40. The van der Waals surface area contributed by atoms with Crippen molar-refractivity contribution in [3.63, 3.8) is 0 Å². The SMILES string of the molecule is COCCOCCOCCOc1ccc(O)c(C(C)(C)C)c1. The molecule has 1 N–H and O–H groups in total. The largest absolute Gasteiger partial charge is 0.508 e. The lowest BCUT2D eigenvalue weighted by atomic mass is 9.86. The van der Waals surface area contributed by atoms with Gasteiger partial charge >= 0.3 is 0 Å². The van der Waals surface area contributed by atoms with Crippen LogP contribution >= 0.6 is 0 Å². The van der Waals surface area contributed by atoms with Crippen LogP contribution in [0.25, 0.3) is 0 Å². The van der Waals surface area contributed by atoms with E-state index in [1.54, 1.807) is 19.2 Å². The Morgan fingerprint density at radius 3 is 2.09 bits per heavy atom. The Morgan fingerprint density at radius 1 is 0.909 bits per heavy atom. The van der Waals surface area contributed by atoms with E-state index in [1.807, 2.05) is 6.07 Å². The van der Waals surface area contributed by atoms with Gasteiger partial charge in [0.15, 0.2) is 0 Å². The second-order valence-corrected chi connectivity index (χ2v) is 5.99. The Hall–Kier alpha value is -1.30. The maximum Gasteiger partial charge on any atom is 0.119 e. The summed E-state index contributed by atoms with van der Waals surface area (Å²) < 4.78 is 21.2. The van der Waals surface area contributed by atoms with Gasteiger partial charge in [0.25, 0.3) is 0 Å². The van der Waals surface area contributed by atoms with Crippen LogP contribution in [0, 0.1) is 0 Å². The zero-order chi connectivity index (χ0) is 16.4. The Bertz CT molecular complexity index is 426. The molecule has 1 aromatic rings. The van der Waals surface area contributed by atoms with Crippen molar-refractivity contribution in [3.8, 4) is 11.5 Å². The second kappa shape index (κ2) is 9.66. The van der Waals surface area contributed by atoms with Crippen molar-refractivity contribution in [2.75, 3.05) is 46.8 Å². The minimum Gasteiger partial charge on any atom is -0.508 e. The van der Waals surface area contributed by atoms with Gasteiger partial charge in [0.2, 0.25) is 0 Å². The normalized spacial score (nSPS) is 11.6. The Balaban J connectivity index is 2.23. The standard InChI is InChI=1S/C17H28O5/c1-17(2,3)15-13-14(5-6-16(15)18)22-12-11-21-10-9-20-8-7-19-4/h5-6,13,18H,7-12H2,1-4H3. The molecule has 0 atom stereocenters. The maximum atomic E-state index is 9.90. The molecular formula is C17H28O5. The lowest BCUT2D eigenvalue weighted by molar-refractivity contribution is 0.0179. The number of benzene rings is 1. The van der Waals surface area contributed by atoms with Gasteiger partial charge in [-0.3, -0.25) is 0 Å². The number of hydrogen-bond donors (Lipinski definition) is 1. The number of ether oxygens (including phenoxy) is 4. The highest BCUT2D eigenvalue weighted by Crippen LogP contribution is 2.33. The highest BCUT2D eigenvalue weighted by atomic mass is 16.6. The predicted octanol–water partition coefficient (Wildman–Crippen LogP) is 2.75. The van der Waals surface area contributed by atoms with E-state index in [4.69, 9.17) is 18.9 Å². The minimum atomic E-state index is -0.126. The van der Waals surface area contributed by atoms with Crippen LogP contribution in [-0.2, 0) is 19.6 Å². The first-order valence-electron chi connectivity index (χ1n) is 7.56. The van der Waals surface area contributed by atoms with Crippen molar-refractivity contribution in [1.29, 1.82) is 0 Å². The minimum absolute atomic E-state index is 0.126. The number of hydrogen-bond acceptors (Lipinski definition) is 5. The molecule has 126 valence electrons. The molecule has 0 aliphatic carbocycles. The quantitative estimate of drug-likeness (QED) is 0.673. The molecule has 0 fully saturated rings. The molecule has 0 radical (unpaired) electrons. The molecule has 0 aromatic heterocycles. The molecule has 0 amide bonds. The molecule has 0 bridgehead atoms. The van der Waals surface area contributed by atoms with Crippen molar-refractivity contribution in [2.45, 2.75) is 26.2 Å². The molecule has 0 aliphatic heterocycles. The van der Waals surface area contributed by atoms with Crippen molar-refractivity contribution < 1.29 is 24.1 Å². The lowest BCUT2D eigenvalue weighted by Crippen LogP contribution is -2.13. The van der Waals surface area contributed by atoms with Crippen molar-refractivity contribution in [3.05, 3.63) is 23.8 Å². The average Bonchev–Trinajstić information content (AvgIpc) is 2.46. The van der Waals surface area contributed by atoms with Gasteiger partial charge in [-0.1, -0.05) is 20.8 Å². The molecule has 0 unspecified atom stereocenters. The molecular weight excluding hydrogens is 284 g/mol. The third kappa shape index (κ3) is 7.11. The summed E-state index contributed by atoms with van der Waals surface area (Å²) in [4.78, 5) is 0. The fourth-order valence-electron chi connectivity index (χ4n) is 1.89. The van der Waals surface area contributed by atoms with Crippen LogP contribution in [-0.4, -0.2) is 51.9 Å². The van der Waals surface area contributed by atoms with Gasteiger partial charge in [-0.15, -0.1) is 0 Å². The van der Waals surface area contributed by atoms with Gasteiger partial charge in [-0.05, 0) is 23.6 Å². The second-order valence-electron chi connectivity index (χ2n) is 5.99. The molecule has 22 heavy (non-hydrogen) atoms. The van der Waals surface area contributed by atoms with Gasteiger partial charge in [0, 0.05) is 12.7 Å². The molecule has 5 nitrogen and oxygen atoms in total. The van der Waals surface area contributed by atoms with Crippen molar-refractivity contribution >= 4 is 0 Å². The first-order valence-corrected chi connectivity index (χ1v) is 7.56. The van der Waals surface area contributed by atoms with E-state index in [9.17, 15) is 5.11 Å². The van der Waals surface area contributed by atoms with E-state index in [1.165, 1.54) is 0 Å². The summed E-state index contributed by atoms with van der Waals surface area (Å²) in [7, 11) is 1.64. The maximum absolute atomic E-state index is 9.90. The van der Waals surface area contributed by atoms with E-state index >= 15 is 0 Å². The number of methoxy groups -OCH3 is 1. The number of rotatable bonds is 10. The third-order valence-corrected chi connectivity index (χ3v) is 3.08.